The van der Waals surface area contributed by atoms with E-state index < -0.39 is 4.92 Å². The number of hydrogen-bond donors (Lipinski definition) is 1. The lowest BCUT2D eigenvalue weighted by Crippen LogP contribution is -2.22. The third-order valence-corrected chi connectivity index (χ3v) is 3.92. The molecule has 2 rings (SSSR count). The zero-order valence-electron chi connectivity index (χ0n) is 11.7. The Kier molecular flexibility index (Phi) is 4.74. The summed E-state index contributed by atoms with van der Waals surface area (Å²) in [6.07, 6.45) is 3.40. The van der Waals surface area contributed by atoms with Crippen molar-refractivity contribution in [2.75, 3.05) is 17.3 Å². The number of hydrogen-bond acceptors (Lipinski definition) is 5. The van der Waals surface area contributed by atoms with Gasteiger partial charge in [0.15, 0.2) is 0 Å². The first kappa shape index (κ1) is 15.2. The molecule has 0 spiro atoms. The molecule has 0 aliphatic heterocycles. The number of aromatic nitrogens is 1. The van der Waals surface area contributed by atoms with Crippen molar-refractivity contribution < 1.29 is 9.72 Å². The smallest absolute Gasteiger partial charge is 0.277 e. The summed E-state index contributed by atoms with van der Waals surface area (Å²) < 4.78 is 0. The average Bonchev–Trinajstić information content (AvgIpc) is 2.47. The highest BCUT2D eigenvalue weighted by Gasteiger charge is 2.17. The van der Waals surface area contributed by atoms with Crippen molar-refractivity contribution in [2.24, 2.45) is 5.92 Å². The van der Waals surface area contributed by atoms with Gasteiger partial charge in [-0.2, -0.15) is 11.8 Å². The number of carbonyl (C=O) groups is 1. The highest BCUT2D eigenvalue weighted by atomic mass is 32.2. The van der Waals surface area contributed by atoms with E-state index in [9.17, 15) is 14.9 Å². The normalized spacial score (nSPS) is 12.1. The van der Waals surface area contributed by atoms with Crippen molar-refractivity contribution in [3.8, 4) is 0 Å². The minimum Gasteiger partial charge on any atom is -0.310 e. The molecule has 110 valence electrons. The zero-order valence-corrected chi connectivity index (χ0v) is 12.5. The van der Waals surface area contributed by atoms with Crippen molar-refractivity contribution in [2.45, 2.75) is 6.92 Å². The van der Waals surface area contributed by atoms with Crippen LogP contribution in [0, 0.1) is 16.0 Å². The molecule has 0 bridgehead atoms. The summed E-state index contributed by atoms with van der Waals surface area (Å²) in [5, 5.41) is 14.8. The average molecular weight is 305 g/mol. The lowest BCUT2D eigenvalue weighted by molar-refractivity contribution is -0.383. The first-order valence-electron chi connectivity index (χ1n) is 6.36. The number of nitro groups is 1. The van der Waals surface area contributed by atoms with Gasteiger partial charge in [-0.15, -0.1) is 0 Å². The van der Waals surface area contributed by atoms with Gasteiger partial charge in [-0.05, 0) is 12.3 Å². The van der Waals surface area contributed by atoms with Gasteiger partial charge in [-0.25, -0.2) is 4.98 Å². The van der Waals surface area contributed by atoms with Crippen LogP contribution in [0.1, 0.15) is 6.92 Å². The SMILES string of the molecule is CSC[C@H](C)C(=O)Nc1nccc2c([N+](=O)[O-])cccc12. The van der Waals surface area contributed by atoms with Crippen LogP contribution in [0.3, 0.4) is 0 Å². The molecule has 1 atom stereocenters. The Balaban J connectivity index is 2.39. The second kappa shape index (κ2) is 6.53. The Hall–Kier alpha value is -2.15. The van der Waals surface area contributed by atoms with E-state index in [-0.39, 0.29) is 17.5 Å². The van der Waals surface area contributed by atoms with Gasteiger partial charge in [-0.3, -0.25) is 14.9 Å². The van der Waals surface area contributed by atoms with Crippen LogP contribution in [0.2, 0.25) is 0 Å². The molecule has 0 fully saturated rings. The van der Waals surface area contributed by atoms with Crippen LogP contribution >= 0.6 is 11.8 Å². The van der Waals surface area contributed by atoms with Gasteiger partial charge in [0.1, 0.15) is 5.82 Å². The molecule has 0 aliphatic carbocycles. The highest BCUT2D eigenvalue weighted by molar-refractivity contribution is 7.98. The summed E-state index contributed by atoms with van der Waals surface area (Å²) in [4.78, 5) is 26.8. The molecular weight excluding hydrogens is 290 g/mol. The van der Waals surface area contributed by atoms with Crippen molar-refractivity contribution in [3.63, 3.8) is 0 Å². The number of nitrogens with one attached hydrogen (secondary N) is 1. The highest BCUT2D eigenvalue weighted by Crippen LogP contribution is 2.29. The first-order valence-corrected chi connectivity index (χ1v) is 7.76. The van der Waals surface area contributed by atoms with Crippen LogP contribution in [0.25, 0.3) is 10.8 Å². The van der Waals surface area contributed by atoms with E-state index in [0.717, 1.165) is 0 Å². The number of fused-ring (bicyclic) bond motifs is 1. The van der Waals surface area contributed by atoms with Crippen molar-refractivity contribution >= 4 is 39.9 Å². The number of pyridine rings is 1. The predicted molar refractivity (Wildman–Crippen MR) is 84.6 cm³/mol. The fraction of sp³-hybridized carbons (Fsp3) is 0.286. The van der Waals surface area contributed by atoms with Crippen LogP contribution in [0.4, 0.5) is 11.5 Å². The zero-order chi connectivity index (χ0) is 15.4. The van der Waals surface area contributed by atoms with E-state index in [4.69, 9.17) is 0 Å². The number of carbonyl (C=O) groups excluding carboxylic acids is 1. The Bertz CT molecular complexity index is 690. The Morgan fingerprint density at radius 3 is 2.86 bits per heavy atom. The number of anilines is 1. The molecule has 1 amide bonds. The molecular formula is C14H15N3O3S. The third-order valence-electron chi connectivity index (χ3n) is 3.09. The molecule has 0 saturated heterocycles. The topological polar surface area (TPSA) is 85.1 Å². The molecule has 0 saturated carbocycles. The molecule has 0 radical (unpaired) electrons. The minimum atomic E-state index is -0.440. The van der Waals surface area contributed by atoms with Crippen molar-refractivity contribution in [1.82, 2.24) is 4.98 Å². The lowest BCUT2D eigenvalue weighted by Gasteiger charge is -2.11. The van der Waals surface area contributed by atoms with Gasteiger partial charge >= 0.3 is 0 Å². The maximum Gasteiger partial charge on any atom is 0.277 e. The Morgan fingerprint density at radius 1 is 1.43 bits per heavy atom. The van der Waals surface area contributed by atoms with Crippen LogP contribution in [-0.2, 0) is 4.79 Å². The first-order chi connectivity index (χ1) is 10.0. The molecule has 7 heteroatoms. The number of amides is 1. The fourth-order valence-corrected chi connectivity index (χ4v) is 2.67. The van der Waals surface area contributed by atoms with Crippen molar-refractivity contribution in [3.05, 3.63) is 40.6 Å². The summed E-state index contributed by atoms with van der Waals surface area (Å²) in [6.45, 7) is 1.83. The molecule has 0 aliphatic rings. The second-order valence-corrected chi connectivity index (χ2v) is 5.55. The largest absolute Gasteiger partial charge is 0.310 e. The van der Waals surface area contributed by atoms with E-state index >= 15 is 0 Å². The van der Waals surface area contributed by atoms with Gasteiger partial charge in [0.05, 0.1) is 10.3 Å². The summed E-state index contributed by atoms with van der Waals surface area (Å²) in [7, 11) is 0. The van der Waals surface area contributed by atoms with Gasteiger partial charge < -0.3 is 5.32 Å². The Morgan fingerprint density at radius 2 is 2.19 bits per heavy atom. The van der Waals surface area contributed by atoms with E-state index in [1.807, 2.05) is 13.2 Å². The van der Waals surface area contributed by atoms with E-state index in [1.54, 1.807) is 30.0 Å². The summed E-state index contributed by atoms with van der Waals surface area (Å²) >= 11 is 1.59. The monoisotopic (exact) mass is 305 g/mol. The molecule has 1 aromatic carbocycles. The van der Waals surface area contributed by atoms with Gasteiger partial charge in [0.2, 0.25) is 5.91 Å². The molecule has 1 aromatic heterocycles. The van der Waals surface area contributed by atoms with E-state index in [0.29, 0.717) is 22.3 Å². The molecule has 0 unspecified atom stereocenters. The van der Waals surface area contributed by atoms with Gasteiger partial charge in [-0.1, -0.05) is 19.1 Å². The van der Waals surface area contributed by atoms with Crippen LogP contribution in [0.5, 0.6) is 0 Å². The Labute approximate surface area is 126 Å². The minimum absolute atomic E-state index is 0.00237. The van der Waals surface area contributed by atoms with Gasteiger partial charge in [0, 0.05) is 29.3 Å². The van der Waals surface area contributed by atoms with E-state index in [1.165, 1.54) is 12.3 Å². The van der Waals surface area contributed by atoms with Crippen molar-refractivity contribution in [1.29, 1.82) is 0 Å². The summed E-state index contributed by atoms with van der Waals surface area (Å²) in [6, 6.07) is 6.31. The number of non-ortho nitro benzene ring substituents is 1. The third kappa shape index (κ3) is 3.30. The molecule has 1 N–H and O–H groups in total. The lowest BCUT2D eigenvalue weighted by atomic mass is 10.1. The van der Waals surface area contributed by atoms with Crippen LogP contribution in [-0.4, -0.2) is 27.8 Å². The number of nitrogens with zero attached hydrogens (tertiary/aromatic N) is 2. The molecule has 21 heavy (non-hydrogen) atoms. The van der Waals surface area contributed by atoms with Crippen LogP contribution < -0.4 is 5.32 Å². The second-order valence-electron chi connectivity index (χ2n) is 4.63. The van der Waals surface area contributed by atoms with Gasteiger partial charge in [0.25, 0.3) is 5.69 Å². The number of benzene rings is 1. The maximum absolute atomic E-state index is 12.1. The number of thioether (sulfide) groups is 1. The standard InChI is InChI=1S/C14H15N3O3S/c1-9(8-21-2)14(18)16-13-11-4-3-5-12(17(19)20)10(11)6-7-15-13/h3-7,9H,8H2,1-2H3,(H,15,16,18)/t9-/m0/s1. The number of rotatable bonds is 5. The molecule has 2 aromatic rings. The molecule has 6 nitrogen and oxygen atoms in total. The van der Waals surface area contributed by atoms with E-state index in [2.05, 4.69) is 10.3 Å². The molecule has 1 heterocycles. The summed E-state index contributed by atoms with van der Waals surface area (Å²) in [5.74, 6) is 0.761. The fourth-order valence-electron chi connectivity index (χ4n) is 2.01. The predicted octanol–water partition coefficient (Wildman–Crippen LogP) is 3.08. The summed E-state index contributed by atoms with van der Waals surface area (Å²) in [5.41, 5.74) is 0.00237. The number of nitro benzene ring substituents is 1. The quantitative estimate of drug-likeness (QED) is 0.677. The van der Waals surface area contributed by atoms with Crippen LogP contribution in [0.15, 0.2) is 30.5 Å². The maximum atomic E-state index is 12.1.